The molecule has 0 radical (unpaired) electrons. The minimum atomic E-state index is -0.128. The lowest BCUT2D eigenvalue weighted by atomic mass is 10.2. The summed E-state index contributed by atoms with van der Waals surface area (Å²) in [5.74, 6) is 0.645. The lowest BCUT2D eigenvalue weighted by Crippen LogP contribution is -2.24. The molecule has 2 aromatic carbocycles. The molecule has 4 rings (SSSR count). The molecule has 0 saturated heterocycles. The third kappa shape index (κ3) is 3.30. The number of carbonyl (C=O) groups excluding carboxylic acids is 1. The van der Waals surface area contributed by atoms with Gasteiger partial charge in [-0.25, -0.2) is 4.68 Å². The molecule has 2 N–H and O–H groups in total. The van der Waals surface area contributed by atoms with Gasteiger partial charge in [0.25, 0.3) is 0 Å². The molecule has 26 heavy (non-hydrogen) atoms. The van der Waals surface area contributed by atoms with Gasteiger partial charge >= 0.3 is 0 Å². The molecule has 0 saturated carbocycles. The molecule has 3 aromatic rings. The smallest absolute Gasteiger partial charge is 0.244 e. The Bertz CT molecular complexity index is 936. The molecule has 0 unspecified atom stereocenters. The lowest BCUT2D eigenvalue weighted by Gasteiger charge is -2.12. The average molecular weight is 367 g/mol. The molecule has 0 spiro atoms. The van der Waals surface area contributed by atoms with E-state index in [1.165, 1.54) is 0 Å². The van der Waals surface area contributed by atoms with E-state index < -0.39 is 0 Å². The summed E-state index contributed by atoms with van der Waals surface area (Å²) in [6.45, 7) is 0.137. The average Bonchev–Trinajstić information content (AvgIpc) is 3.24. The Morgan fingerprint density at radius 2 is 1.85 bits per heavy atom. The van der Waals surface area contributed by atoms with E-state index in [9.17, 15) is 4.79 Å². The number of halogens is 1. The number of aryl methyl sites for hydroxylation is 1. The first-order valence-electron chi connectivity index (χ1n) is 8.67. The van der Waals surface area contributed by atoms with Crippen molar-refractivity contribution in [2.45, 2.75) is 19.3 Å². The van der Waals surface area contributed by atoms with E-state index in [4.69, 9.17) is 16.7 Å². The number of hydrogen-bond acceptors (Lipinski definition) is 3. The van der Waals surface area contributed by atoms with Crippen molar-refractivity contribution in [2.75, 3.05) is 17.2 Å². The Balaban J connectivity index is 1.54. The third-order valence-corrected chi connectivity index (χ3v) is 4.81. The van der Waals surface area contributed by atoms with Gasteiger partial charge in [0.15, 0.2) is 0 Å². The molecule has 1 amide bonds. The largest absolute Gasteiger partial charge is 0.375 e. The standard InChI is InChI=1S/C20H19ClN4O/c21-16-10-4-5-11-18(16)22-13-19(26)23-20-15-9-6-12-17(15)24-25(20)14-7-2-1-3-8-14/h1-5,7-8,10-11,22H,6,9,12-13H2,(H,23,26). The summed E-state index contributed by atoms with van der Waals surface area (Å²) in [4.78, 5) is 12.5. The van der Waals surface area contributed by atoms with Crippen LogP contribution in [0.15, 0.2) is 54.6 Å². The van der Waals surface area contributed by atoms with Gasteiger partial charge in [-0.3, -0.25) is 4.79 Å². The highest BCUT2D eigenvalue weighted by molar-refractivity contribution is 6.33. The number of carbonyl (C=O) groups is 1. The van der Waals surface area contributed by atoms with E-state index in [2.05, 4.69) is 10.6 Å². The number of amides is 1. The van der Waals surface area contributed by atoms with E-state index >= 15 is 0 Å². The number of aromatic nitrogens is 2. The van der Waals surface area contributed by atoms with Gasteiger partial charge in [0, 0.05) is 5.56 Å². The van der Waals surface area contributed by atoms with E-state index in [1.807, 2.05) is 53.2 Å². The molecular weight excluding hydrogens is 348 g/mol. The maximum absolute atomic E-state index is 12.5. The van der Waals surface area contributed by atoms with Crippen molar-refractivity contribution in [3.8, 4) is 5.69 Å². The fourth-order valence-electron chi connectivity index (χ4n) is 3.23. The topological polar surface area (TPSA) is 59.0 Å². The predicted octanol–water partition coefficient (Wildman–Crippen LogP) is 4.07. The van der Waals surface area contributed by atoms with E-state index in [0.29, 0.717) is 5.02 Å². The molecule has 1 aliphatic carbocycles. The van der Waals surface area contributed by atoms with Crippen LogP contribution in [0.3, 0.4) is 0 Å². The van der Waals surface area contributed by atoms with Gasteiger partial charge in [0.2, 0.25) is 5.91 Å². The second kappa shape index (κ2) is 7.22. The van der Waals surface area contributed by atoms with Gasteiger partial charge < -0.3 is 10.6 Å². The molecule has 1 heterocycles. The van der Waals surface area contributed by atoms with Crippen molar-refractivity contribution in [1.82, 2.24) is 9.78 Å². The number of rotatable bonds is 5. The van der Waals surface area contributed by atoms with Gasteiger partial charge in [0.05, 0.1) is 28.6 Å². The normalized spacial score (nSPS) is 12.7. The second-order valence-electron chi connectivity index (χ2n) is 6.26. The number of nitrogens with zero attached hydrogens (tertiary/aromatic N) is 2. The number of anilines is 2. The molecule has 1 aliphatic rings. The first-order valence-corrected chi connectivity index (χ1v) is 9.04. The van der Waals surface area contributed by atoms with Gasteiger partial charge in [-0.1, -0.05) is 41.9 Å². The minimum Gasteiger partial charge on any atom is -0.375 e. The van der Waals surface area contributed by atoms with Crippen LogP contribution in [0.1, 0.15) is 17.7 Å². The Labute approximate surface area is 157 Å². The fraction of sp³-hybridized carbons (Fsp3) is 0.200. The van der Waals surface area contributed by atoms with Crippen LogP contribution in [0, 0.1) is 0 Å². The van der Waals surface area contributed by atoms with Gasteiger partial charge in [-0.2, -0.15) is 5.10 Å². The number of benzene rings is 2. The fourth-order valence-corrected chi connectivity index (χ4v) is 3.44. The van der Waals surface area contributed by atoms with Crippen LogP contribution >= 0.6 is 11.6 Å². The van der Waals surface area contributed by atoms with Crippen molar-refractivity contribution in [1.29, 1.82) is 0 Å². The Morgan fingerprint density at radius 1 is 1.08 bits per heavy atom. The SMILES string of the molecule is O=C(CNc1ccccc1Cl)Nc1c2c(nn1-c1ccccc1)CCC2. The Hall–Kier alpha value is -2.79. The number of para-hydroxylation sites is 2. The summed E-state index contributed by atoms with van der Waals surface area (Å²) in [7, 11) is 0. The first kappa shape index (κ1) is 16.7. The predicted molar refractivity (Wildman–Crippen MR) is 104 cm³/mol. The third-order valence-electron chi connectivity index (χ3n) is 4.48. The molecule has 0 fully saturated rings. The van der Waals surface area contributed by atoms with Crippen LogP contribution in [0.4, 0.5) is 11.5 Å². The quantitative estimate of drug-likeness (QED) is 0.715. The number of hydrogen-bond donors (Lipinski definition) is 2. The second-order valence-corrected chi connectivity index (χ2v) is 6.66. The Morgan fingerprint density at radius 3 is 2.65 bits per heavy atom. The van der Waals surface area contributed by atoms with E-state index in [0.717, 1.165) is 47.7 Å². The van der Waals surface area contributed by atoms with Crippen LogP contribution in [0.5, 0.6) is 0 Å². The zero-order valence-corrected chi connectivity index (χ0v) is 15.0. The molecule has 1 aromatic heterocycles. The van der Waals surface area contributed by atoms with Crippen molar-refractivity contribution >= 4 is 29.0 Å². The van der Waals surface area contributed by atoms with Crippen LogP contribution in [-0.4, -0.2) is 22.2 Å². The number of fused-ring (bicyclic) bond motifs is 1. The van der Waals surface area contributed by atoms with Gasteiger partial charge in [-0.05, 0) is 43.5 Å². The maximum atomic E-state index is 12.5. The highest BCUT2D eigenvalue weighted by atomic mass is 35.5. The van der Waals surface area contributed by atoms with Crippen molar-refractivity contribution < 1.29 is 4.79 Å². The van der Waals surface area contributed by atoms with Gasteiger partial charge in [0.1, 0.15) is 5.82 Å². The molecule has 5 nitrogen and oxygen atoms in total. The summed E-state index contributed by atoms with van der Waals surface area (Å²) in [5, 5.41) is 11.4. The van der Waals surface area contributed by atoms with Crippen LogP contribution in [0.2, 0.25) is 5.02 Å². The van der Waals surface area contributed by atoms with Crippen LogP contribution < -0.4 is 10.6 Å². The van der Waals surface area contributed by atoms with Crippen molar-refractivity contribution in [3.05, 3.63) is 70.9 Å². The lowest BCUT2D eigenvalue weighted by molar-refractivity contribution is -0.114. The summed E-state index contributed by atoms with van der Waals surface area (Å²) >= 11 is 6.12. The monoisotopic (exact) mass is 366 g/mol. The minimum absolute atomic E-state index is 0.128. The highest BCUT2D eigenvalue weighted by Crippen LogP contribution is 2.31. The highest BCUT2D eigenvalue weighted by Gasteiger charge is 2.24. The van der Waals surface area contributed by atoms with Crippen LogP contribution in [0.25, 0.3) is 5.69 Å². The van der Waals surface area contributed by atoms with Crippen LogP contribution in [-0.2, 0) is 17.6 Å². The van der Waals surface area contributed by atoms with E-state index in [-0.39, 0.29) is 12.5 Å². The zero-order valence-electron chi connectivity index (χ0n) is 14.2. The molecule has 6 heteroatoms. The zero-order chi connectivity index (χ0) is 17.9. The van der Waals surface area contributed by atoms with E-state index in [1.54, 1.807) is 6.07 Å². The molecule has 0 aliphatic heterocycles. The van der Waals surface area contributed by atoms with Crippen molar-refractivity contribution in [2.24, 2.45) is 0 Å². The first-order chi connectivity index (χ1) is 12.7. The molecule has 0 atom stereocenters. The van der Waals surface area contributed by atoms with Crippen molar-refractivity contribution in [3.63, 3.8) is 0 Å². The molecular formula is C20H19ClN4O. The number of nitrogens with one attached hydrogen (secondary N) is 2. The van der Waals surface area contributed by atoms with Gasteiger partial charge in [-0.15, -0.1) is 0 Å². The molecule has 0 bridgehead atoms. The summed E-state index contributed by atoms with van der Waals surface area (Å²) in [6.07, 6.45) is 2.97. The summed E-state index contributed by atoms with van der Waals surface area (Å²) < 4.78 is 1.83. The maximum Gasteiger partial charge on any atom is 0.244 e. The summed E-state index contributed by atoms with van der Waals surface area (Å²) in [5.41, 5.74) is 3.89. The summed E-state index contributed by atoms with van der Waals surface area (Å²) in [6, 6.07) is 17.2. The molecule has 132 valence electrons. The Kier molecular flexibility index (Phi) is 4.63.